The molecule has 2 rings (SSSR count). The average Bonchev–Trinajstić information content (AvgIpc) is 2.49. The largest absolute Gasteiger partial charge is 0.496 e. The summed E-state index contributed by atoms with van der Waals surface area (Å²) in [6.45, 7) is 2.81. The van der Waals surface area contributed by atoms with Crippen LogP contribution in [0.3, 0.4) is 0 Å². The van der Waals surface area contributed by atoms with Crippen molar-refractivity contribution in [1.29, 1.82) is 0 Å². The molecule has 0 aliphatic rings. The highest BCUT2D eigenvalue weighted by atomic mass is 16.5. The quantitative estimate of drug-likeness (QED) is 0.849. The summed E-state index contributed by atoms with van der Waals surface area (Å²) in [7, 11) is 1.67. The molecule has 0 saturated carbocycles. The number of aliphatic hydroxyl groups is 1. The van der Waals surface area contributed by atoms with Gasteiger partial charge in [-0.3, -0.25) is 0 Å². The van der Waals surface area contributed by atoms with Crippen LogP contribution in [0, 0.1) is 6.92 Å². The molecule has 3 heteroatoms. The van der Waals surface area contributed by atoms with Gasteiger partial charge >= 0.3 is 0 Å². The van der Waals surface area contributed by atoms with E-state index in [1.165, 1.54) is 5.56 Å². The molecule has 0 radical (unpaired) electrons. The molecule has 2 aromatic carbocycles. The summed E-state index contributed by atoms with van der Waals surface area (Å²) >= 11 is 0. The molecule has 2 N–H and O–H groups in total. The third-order valence-corrected chi connectivity index (χ3v) is 3.40. The van der Waals surface area contributed by atoms with Gasteiger partial charge in [0, 0.05) is 6.54 Å². The van der Waals surface area contributed by atoms with Gasteiger partial charge in [0.25, 0.3) is 0 Å². The Bertz CT molecular complexity index is 540. The van der Waals surface area contributed by atoms with E-state index in [1.54, 1.807) is 7.11 Å². The molecule has 0 aromatic heterocycles. The molecule has 1 unspecified atom stereocenters. The Morgan fingerprint density at radius 1 is 1.15 bits per heavy atom. The van der Waals surface area contributed by atoms with E-state index in [0.717, 1.165) is 23.4 Å². The Kier molecular flexibility index (Phi) is 5.16. The molecule has 0 fully saturated rings. The molecule has 2 aromatic rings. The third-order valence-electron chi connectivity index (χ3n) is 3.40. The van der Waals surface area contributed by atoms with Gasteiger partial charge in [0.2, 0.25) is 0 Å². The molecule has 3 nitrogen and oxygen atoms in total. The van der Waals surface area contributed by atoms with E-state index >= 15 is 0 Å². The molecule has 0 amide bonds. The highest BCUT2D eigenvalue weighted by molar-refractivity contribution is 5.37. The maximum absolute atomic E-state index is 9.58. The van der Waals surface area contributed by atoms with Crippen LogP contribution in [-0.4, -0.2) is 18.8 Å². The van der Waals surface area contributed by atoms with Gasteiger partial charge in [-0.2, -0.15) is 0 Å². The Morgan fingerprint density at radius 2 is 1.90 bits per heavy atom. The average molecular weight is 271 g/mol. The van der Waals surface area contributed by atoms with Crippen molar-refractivity contribution in [2.24, 2.45) is 0 Å². The summed E-state index contributed by atoms with van der Waals surface area (Å²) in [5, 5.41) is 13.0. The van der Waals surface area contributed by atoms with Gasteiger partial charge in [0.15, 0.2) is 0 Å². The highest BCUT2D eigenvalue weighted by Crippen LogP contribution is 2.22. The van der Waals surface area contributed by atoms with Crippen molar-refractivity contribution in [3.8, 4) is 5.75 Å². The second-order valence-corrected chi connectivity index (χ2v) is 4.83. The van der Waals surface area contributed by atoms with Gasteiger partial charge in [0.1, 0.15) is 5.75 Å². The van der Waals surface area contributed by atoms with Gasteiger partial charge in [-0.15, -0.1) is 0 Å². The highest BCUT2D eigenvalue weighted by Gasteiger charge is 2.11. The maximum atomic E-state index is 9.58. The van der Waals surface area contributed by atoms with E-state index in [-0.39, 0.29) is 12.6 Å². The van der Waals surface area contributed by atoms with Crippen molar-refractivity contribution >= 4 is 0 Å². The molecule has 0 heterocycles. The minimum atomic E-state index is -0.0696. The lowest BCUT2D eigenvalue weighted by atomic mass is 10.0. The molecule has 1 atom stereocenters. The number of benzene rings is 2. The van der Waals surface area contributed by atoms with E-state index in [1.807, 2.05) is 37.3 Å². The molecule has 0 bridgehead atoms. The second kappa shape index (κ2) is 7.08. The van der Waals surface area contributed by atoms with Crippen LogP contribution < -0.4 is 10.1 Å². The Morgan fingerprint density at radius 3 is 2.50 bits per heavy atom. The van der Waals surface area contributed by atoms with Crippen molar-refractivity contribution in [1.82, 2.24) is 5.32 Å². The number of nitrogens with one attached hydrogen (secondary N) is 1. The second-order valence-electron chi connectivity index (χ2n) is 4.83. The van der Waals surface area contributed by atoms with Crippen LogP contribution in [0.15, 0.2) is 48.5 Å². The van der Waals surface area contributed by atoms with E-state index in [0.29, 0.717) is 0 Å². The minimum absolute atomic E-state index is 0.0681. The summed E-state index contributed by atoms with van der Waals surface area (Å²) < 4.78 is 5.26. The first-order chi connectivity index (χ1) is 9.74. The van der Waals surface area contributed by atoms with Crippen LogP contribution >= 0.6 is 0 Å². The maximum Gasteiger partial charge on any atom is 0.121 e. The molecule has 0 spiro atoms. The minimum Gasteiger partial charge on any atom is -0.496 e. The van der Waals surface area contributed by atoms with Gasteiger partial charge in [-0.05, 0) is 29.7 Å². The van der Waals surface area contributed by atoms with Crippen LogP contribution in [0.25, 0.3) is 0 Å². The predicted molar refractivity (Wildman–Crippen MR) is 80.8 cm³/mol. The summed E-state index contributed by atoms with van der Waals surface area (Å²) in [5.74, 6) is 0.869. The summed E-state index contributed by atoms with van der Waals surface area (Å²) in [6.07, 6.45) is 0. The zero-order valence-electron chi connectivity index (χ0n) is 12.0. The van der Waals surface area contributed by atoms with Gasteiger partial charge in [-0.25, -0.2) is 0 Å². The fourth-order valence-electron chi connectivity index (χ4n) is 2.24. The van der Waals surface area contributed by atoms with E-state index in [4.69, 9.17) is 4.74 Å². The first kappa shape index (κ1) is 14.6. The van der Waals surface area contributed by atoms with Crippen LogP contribution in [0.5, 0.6) is 5.75 Å². The summed E-state index contributed by atoms with van der Waals surface area (Å²) in [6, 6.07) is 16.1. The van der Waals surface area contributed by atoms with Crippen molar-refractivity contribution in [3.63, 3.8) is 0 Å². The number of methoxy groups -OCH3 is 1. The van der Waals surface area contributed by atoms with Gasteiger partial charge in [0.05, 0.1) is 19.8 Å². The lowest BCUT2D eigenvalue weighted by molar-refractivity contribution is 0.243. The van der Waals surface area contributed by atoms with E-state index < -0.39 is 0 Å². The first-order valence-corrected chi connectivity index (χ1v) is 6.77. The van der Waals surface area contributed by atoms with Crippen molar-refractivity contribution in [3.05, 3.63) is 65.2 Å². The molecule has 106 valence electrons. The van der Waals surface area contributed by atoms with Crippen molar-refractivity contribution in [2.45, 2.75) is 19.5 Å². The van der Waals surface area contributed by atoms with E-state index in [9.17, 15) is 5.11 Å². The fourth-order valence-corrected chi connectivity index (χ4v) is 2.24. The van der Waals surface area contributed by atoms with Gasteiger partial charge in [-0.1, -0.05) is 42.5 Å². The number of hydrogen-bond donors (Lipinski definition) is 2. The Labute approximate surface area is 120 Å². The van der Waals surface area contributed by atoms with Crippen molar-refractivity contribution in [2.75, 3.05) is 13.7 Å². The third kappa shape index (κ3) is 3.59. The monoisotopic (exact) mass is 271 g/mol. The van der Waals surface area contributed by atoms with E-state index in [2.05, 4.69) is 23.5 Å². The fraction of sp³-hybridized carbons (Fsp3) is 0.294. The van der Waals surface area contributed by atoms with Crippen LogP contribution in [-0.2, 0) is 6.54 Å². The number of ether oxygens (including phenoxy) is 1. The smallest absolute Gasteiger partial charge is 0.121 e. The van der Waals surface area contributed by atoms with Crippen molar-refractivity contribution < 1.29 is 9.84 Å². The molecule has 0 aliphatic heterocycles. The molecule has 0 saturated heterocycles. The Balaban J connectivity index is 2.06. The zero-order valence-corrected chi connectivity index (χ0v) is 12.0. The van der Waals surface area contributed by atoms with Gasteiger partial charge < -0.3 is 15.2 Å². The van der Waals surface area contributed by atoms with Crippen LogP contribution in [0.2, 0.25) is 0 Å². The number of aryl methyl sites for hydroxylation is 1. The number of hydrogen-bond acceptors (Lipinski definition) is 3. The zero-order chi connectivity index (χ0) is 14.4. The molecular formula is C17H21NO2. The number of aliphatic hydroxyl groups excluding tert-OH is 1. The normalized spacial score (nSPS) is 12.2. The predicted octanol–water partition coefficient (Wildman–Crippen LogP) is 2.83. The number of rotatable bonds is 6. The standard InChI is InChI=1S/C17H21NO2/c1-13-10-15(8-9-17(13)20-2)16(12-19)18-11-14-6-4-3-5-7-14/h3-10,16,18-19H,11-12H2,1-2H3. The summed E-state index contributed by atoms with van der Waals surface area (Å²) in [5.41, 5.74) is 3.35. The SMILES string of the molecule is COc1ccc(C(CO)NCc2ccccc2)cc1C. The lowest BCUT2D eigenvalue weighted by Gasteiger charge is -2.18. The lowest BCUT2D eigenvalue weighted by Crippen LogP contribution is -2.24. The summed E-state index contributed by atoms with van der Waals surface area (Å²) in [4.78, 5) is 0. The molecular weight excluding hydrogens is 250 g/mol. The Hall–Kier alpha value is -1.84. The van der Waals surface area contributed by atoms with Crippen LogP contribution in [0.1, 0.15) is 22.7 Å². The first-order valence-electron chi connectivity index (χ1n) is 6.77. The molecule has 0 aliphatic carbocycles. The topological polar surface area (TPSA) is 41.5 Å². The van der Waals surface area contributed by atoms with Crippen LogP contribution in [0.4, 0.5) is 0 Å². The molecule has 20 heavy (non-hydrogen) atoms.